The first kappa shape index (κ1) is 15.4. The number of hydrogen-bond acceptors (Lipinski definition) is 4. The molecule has 2 atom stereocenters. The highest BCUT2D eigenvalue weighted by Gasteiger charge is 2.29. The van der Waals surface area contributed by atoms with Gasteiger partial charge in [-0.05, 0) is 43.2 Å². The second kappa shape index (κ2) is 6.77. The fraction of sp³-hybridized carbons (Fsp3) is 0.474. The Balaban J connectivity index is 1.55. The molecule has 0 spiro atoms. The second-order valence-electron chi connectivity index (χ2n) is 6.54. The molecule has 0 bridgehead atoms. The van der Waals surface area contributed by atoms with E-state index < -0.39 is 0 Å². The smallest absolute Gasteiger partial charge is 0.274 e. The van der Waals surface area contributed by atoms with Crippen LogP contribution in [0.4, 0.5) is 0 Å². The zero-order chi connectivity index (χ0) is 16.4. The molecule has 5 heteroatoms. The third-order valence-electron chi connectivity index (χ3n) is 4.96. The van der Waals surface area contributed by atoms with Crippen LogP contribution in [0.3, 0.4) is 0 Å². The predicted molar refractivity (Wildman–Crippen MR) is 88.6 cm³/mol. The van der Waals surface area contributed by atoms with E-state index in [1.807, 2.05) is 6.07 Å². The number of rotatable bonds is 3. The molecule has 5 nitrogen and oxygen atoms in total. The molecule has 24 heavy (non-hydrogen) atoms. The van der Waals surface area contributed by atoms with Gasteiger partial charge in [-0.2, -0.15) is 0 Å². The van der Waals surface area contributed by atoms with Gasteiger partial charge in [0.05, 0.1) is 6.04 Å². The minimum atomic E-state index is -0.170. The van der Waals surface area contributed by atoms with Crippen LogP contribution in [0, 0.1) is 0 Å². The number of ether oxygens (including phenoxy) is 1. The van der Waals surface area contributed by atoms with E-state index in [0.717, 1.165) is 38.5 Å². The van der Waals surface area contributed by atoms with Gasteiger partial charge in [0, 0.05) is 6.61 Å². The molecular weight excluding hydrogens is 304 g/mol. The number of benzene rings is 1. The van der Waals surface area contributed by atoms with Gasteiger partial charge in [-0.3, -0.25) is 4.79 Å². The standard InChI is InChI=1S/C19H22N2O3/c22-19(17-18(24-12-20-17)16-10-5-11-23-16)21-15-9-4-2-7-13-6-1-3-8-14(13)15/h1,3,6,8,12,15-16H,2,4-5,7,9-11H2,(H,21,22)/t15-,16-/m0/s1. The topological polar surface area (TPSA) is 64.4 Å². The fourth-order valence-corrected chi connectivity index (χ4v) is 3.74. The first-order valence-corrected chi connectivity index (χ1v) is 8.76. The number of oxazole rings is 1. The molecule has 1 aromatic carbocycles. The number of aromatic nitrogens is 1. The molecule has 2 aromatic rings. The number of nitrogens with one attached hydrogen (secondary N) is 1. The maximum atomic E-state index is 12.8. The van der Waals surface area contributed by atoms with Gasteiger partial charge in [0.1, 0.15) is 6.10 Å². The zero-order valence-electron chi connectivity index (χ0n) is 13.7. The highest BCUT2D eigenvalue weighted by Crippen LogP contribution is 2.32. The molecule has 1 aliphatic carbocycles. The van der Waals surface area contributed by atoms with Crippen molar-refractivity contribution in [2.24, 2.45) is 0 Å². The number of amides is 1. The number of nitrogens with zero attached hydrogens (tertiary/aromatic N) is 1. The van der Waals surface area contributed by atoms with Gasteiger partial charge in [-0.15, -0.1) is 0 Å². The highest BCUT2D eigenvalue weighted by atomic mass is 16.5. The van der Waals surface area contributed by atoms with Crippen LogP contribution in [0.1, 0.15) is 71.6 Å². The molecule has 0 saturated carbocycles. The van der Waals surface area contributed by atoms with E-state index in [1.165, 1.54) is 17.5 Å². The largest absolute Gasteiger partial charge is 0.445 e. The summed E-state index contributed by atoms with van der Waals surface area (Å²) < 4.78 is 11.1. The van der Waals surface area contributed by atoms with Crippen LogP contribution in [0.2, 0.25) is 0 Å². The van der Waals surface area contributed by atoms with Crippen LogP contribution in [-0.4, -0.2) is 17.5 Å². The van der Waals surface area contributed by atoms with Crippen LogP contribution < -0.4 is 5.32 Å². The summed E-state index contributed by atoms with van der Waals surface area (Å²) in [7, 11) is 0. The van der Waals surface area contributed by atoms with Crippen molar-refractivity contribution in [3.63, 3.8) is 0 Å². The highest BCUT2D eigenvalue weighted by molar-refractivity contribution is 5.93. The summed E-state index contributed by atoms with van der Waals surface area (Å²) in [6.45, 7) is 0.711. The van der Waals surface area contributed by atoms with E-state index in [4.69, 9.17) is 9.15 Å². The molecule has 1 aromatic heterocycles. The van der Waals surface area contributed by atoms with Gasteiger partial charge in [-0.25, -0.2) is 4.98 Å². The molecular formula is C19H22N2O3. The summed E-state index contributed by atoms with van der Waals surface area (Å²) in [5.41, 5.74) is 2.92. The van der Waals surface area contributed by atoms with Gasteiger partial charge >= 0.3 is 0 Å². The average Bonchev–Trinajstić information content (AvgIpc) is 3.25. The lowest BCUT2D eigenvalue weighted by molar-refractivity contribution is 0.0851. The Kier molecular flexibility index (Phi) is 4.34. The normalized spacial score (nSPS) is 23.5. The van der Waals surface area contributed by atoms with E-state index in [1.54, 1.807) is 0 Å². The minimum absolute atomic E-state index is 0.0326. The third kappa shape index (κ3) is 2.96. The number of fused-ring (bicyclic) bond motifs is 1. The Bertz CT molecular complexity index is 719. The third-order valence-corrected chi connectivity index (χ3v) is 4.96. The van der Waals surface area contributed by atoms with Crippen LogP contribution in [0.25, 0.3) is 0 Å². The van der Waals surface area contributed by atoms with Gasteiger partial charge in [0.25, 0.3) is 5.91 Å². The van der Waals surface area contributed by atoms with Crippen LogP contribution in [-0.2, 0) is 11.2 Å². The Morgan fingerprint density at radius 1 is 1.17 bits per heavy atom. The van der Waals surface area contributed by atoms with E-state index in [9.17, 15) is 4.79 Å². The van der Waals surface area contributed by atoms with Crippen molar-refractivity contribution in [1.82, 2.24) is 10.3 Å². The monoisotopic (exact) mass is 326 g/mol. The van der Waals surface area contributed by atoms with Crippen molar-refractivity contribution in [3.05, 3.63) is 53.2 Å². The summed E-state index contributed by atoms with van der Waals surface area (Å²) in [5, 5.41) is 3.16. The van der Waals surface area contributed by atoms with Crippen molar-refractivity contribution >= 4 is 5.91 Å². The molecule has 0 unspecified atom stereocenters. The summed E-state index contributed by atoms with van der Waals surface area (Å²) in [5.74, 6) is 0.392. The number of hydrogen-bond donors (Lipinski definition) is 1. The lowest BCUT2D eigenvalue weighted by Crippen LogP contribution is -2.30. The van der Waals surface area contributed by atoms with Gasteiger partial charge < -0.3 is 14.5 Å². The predicted octanol–water partition coefficient (Wildman–Crippen LogP) is 3.72. The minimum Gasteiger partial charge on any atom is -0.445 e. The van der Waals surface area contributed by atoms with Crippen LogP contribution in [0.15, 0.2) is 35.1 Å². The van der Waals surface area contributed by atoms with Gasteiger partial charge in [0.2, 0.25) is 0 Å². The first-order chi connectivity index (χ1) is 11.8. The molecule has 2 heterocycles. The first-order valence-electron chi connectivity index (χ1n) is 8.76. The summed E-state index contributed by atoms with van der Waals surface area (Å²) in [6, 6.07) is 8.42. The molecule has 1 fully saturated rings. The Morgan fingerprint density at radius 2 is 2.08 bits per heavy atom. The molecule has 2 aliphatic rings. The maximum Gasteiger partial charge on any atom is 0.274 e. The average molecular weight is 326 g/mol. The Labute approximate surface area is 141 Å². The van der Waals surface area contributed by atoms with E-state index in [0.29, 0.717) is 18.1 Å². The maximum absolute atomic E-state index is 12.8. The number of carbonyl (C=O) groups is 1. The molecule has 1 saturated heterocycles. The molecule has 1 aliphatic heterocycles. The van der Waals surface area contributed by atoms with Gasteiger partial charge in [0.15, 0.2) is 17.8 Å². The van der Waals surface area contributed by atoms with Crippen molar-refractivity contribution in [2.75, 3.05) is 6.61 Å². The molecule has 4 rings (SSSR count). The van der Waals surface area contributed by atoms with Crippen LogP contribution in [0.5, 0.6) is 0 Å². The van der Waals surface area contributed by atoms with Crippen LogP contribution >= 0.6 is 0 Å². The number of carbonyl (C=O) groups excluding carboxylic acids is 1. The summed E-state index contributed by atoms with van der Waals surface area (Å²) in [4.78, 5) is 16.9. The van der Waals surface area contributed by atoms with Crippen molar-refractivity contribution in [3.8, 4) is 0 Å². The molecule has 1 N–H and O–H groups in total. The van der Waals surface area contributed by atoms with Crippen molar-refractivity contribution in [2.45, 2.75) is 50.7 Å². The summed E-state index contributed by atoms with van der Waals surface area (Å²) >= 11 is 0. The second-order valence-corrected chi connectivity index (χ2v) is 6.54. The number of aryl methyl sites for hydroxylation is 1. The Morgan fingerprint density at radius 3 is 2.96 bits per heavy atom. The Hall–Kier alpha value is -2.14. The SMILES string of the molecule is O=C(N[C@H]1CCCCc2ccccc21)c1ncoc1[C@@H]1CCCO1. The van der Waals surface area contributed by atoms with Crippen molar-refractivity contribution in [1.29, 1.82) is 0 Å². The molecule has 126 valence electrons. The van der Waals surface area contributed by atoms with Gasteiger partial charge in [-0.1, -0.05) is 30.7 Å². The van der Waals surface area contributed by atoms with E-state index >= 15 is 0 Å². The molecule has 0 radical (unpaired) electrons. The quantitative estimate of drug-likeness (QED) is 0.873. The van der Waals surface area contributed by atoms with E-state index in [-0.39, 0.29) is 18.1 Å². The van der Waals surface area contributed by atoms with Crippen molar-refractivity contribution < 1.29 is 13.9 Å². The lowest BCUT2D eigenvalue weighted by Gasteiger charge is -2.19. The zero-order valence-corrected chi connectivity index (χ0v) is 13.7. The fourth-order valence-electron chi connectivity index (χ4n) is 3.74. The van der Waals surface area contributed by atoms with E-state index in [2.05, 4.69) is 28.5 Å². The lowest BCUT2D eigenvalue weighted by atomic mass is 9.99. The molecule has 1 amide bonds. The summed E-state index contributed by atoms with van der Waals surface area (Å²) in [6.07, 6.45) is 7.36.